The lowest BCUT2D eigenvalue weighted by Crippen LogP contribution is -2.38. The summed E-state index contributed by atoms with van der Waals surface area (Å²) in [6.45, 7) is 1.73. The molecule has 4 nitrogen and oxygen atoms in total. The quantitative estimate of drug-likeness (QED) is 0.749. The van der Waals surface area contributed by atoms with E-state index in [0.29, 0.717) is 0 Å². The summed E-state index contributed by atoms with van der Waals surface area (Å²) in [5.74, 6) is 0. The maximum atomic E-state index is 11.4. The fraction of sp³-hybridized carbons (Fsp3) is 0.714. The van der Waals surface area contributed by atoms with E-state index in [4.69, 9.17) is 0 Å². The zero-order valence-corrected chi connectivity index (χ0v) is 11.4. The minimum atomic E-state index is -0.102. The van der Waals surface area contributed by atoms with E-state index in [-0.39, 0.29) is 5.41 Å². The van der Waals surface area contributed by atoms with Gasteiger partial charge in [0, 0.05) is 37.3 Å². The van der Waals surface area contributed by atoms with Crippen molar-refractivity contribution in [3.63, 3.8) is 0 Å². The fourth-order valence-corrected chi connectivity index (χ4v) is 3.03. The molecule has 100 valence electrons. The maximum Gasteiger partial charge on any atom is 0.127 e. The molecule has 0 N–H and O–H groups in total. The molecule has 0 saturated heterocycles. The number of hydrogen-bond donors (Lipinski definition) is 0. The van der Waals surface area contributed by atoms with Crippen molar-refractivity contribution in [2.75, 3.05) is 13.6 Å². The van der Waals surface area contributed by atoms with Crippen molar-refractivity contribution in [2.24, 2.45) is 12.5 Å². The zero-order valence-electron chi connectivity index (χ0n) is 11.4. The highest BCUT2D eigenvalue weighted by atomic mass is 16.1. The maximum absolute atomic E-state index is 11.4. The van der Waals surface area contributed by atoms with Crippen LogP contribution in [0, 0.1) is 5.41 Å². The van der Waals surface area contributed by atoms with Crippen molar-refractivity contribution in [1.29, 1.82) is 0 Å². The van der Waals surface area contributed by atoms with Crippen LogP contribution in [0.15, 0.2) is 12.4 Å². The smallest absolute Gasteiger partial charge is 0.127 e. The third-order valence-corrected chi connectivity index (χ3v) is 3.89. The summed E-state index contributed by atoms with van der Waals surface area (Å²) in [6, 6.07) is 0. The molecule has 1 aromatic rings. The third-order valence-electron chi connectivity index (χ3n) is 3.89. The van der Waals surface area contributed by atoms with Crippen LogP contribution >= 0.6 is 0 Å². The van der Waals surface area contributed by atoms with Crippen molar-refractivity contribution in [3.05, 3.63) is 18.0 Å². The van der Waals surface area contributed by atoms with E-state index in [2.05, 4.69) is 17.0 Å². The summed E-state index contributed by atoms with van der Waals surface area (Å²) in [6.07, 6.45) is 10.9. The van der Waals surface area contributed by atoms with E-state index >= 15 is 0 Å². The largest absolute Gasteiger partial charge is 0.303 e. The highest BCUT2D eigenvalue weighted by Crippen LogP contribution is 2.35. The standard InChI is InChI=1S/C14H23N3O/c1-16(9-13-8-15-17(2)10-13)11-14(12-18)6-4-3-5-7-14/h8,10,12H,3-7,9,11H2,1-2H3. The third kappa shape index (κ3) is 3.19. The first-order valence-corrected chi connectivity index (χ1v) is 6.76. The molecule has 1 heterocycles. The first-order chi connectivity index (χ1) is 8.63. The van der Waals surface area contributed by atoms with Gasteiger partial charge >= 0.3 is 0 Å². The van der Waals surface area contributed by atoms with Gasteiger partial charge in [0.05, 0.1) is 6.20 Å². The van der Waals surface area contributed by atoms with Crippen LogP contribution in [0.25, 0.3) is 0 Å². The van der Waals surface area contributed by atoms with Gasteiger partial charge in [-0.15, -0.1) is 0 Å². The fourth-order valence-electron chi connectivity index (χ4n) is 3.03. The molecular formula is C14H23N3O. The molecule has 0 atom stereocenters. The number of hydrogen-bond acceptors (Lipinski definition) is 3. The van der Waals surface area contributed by atoms with Crippen LogP contribution in [-0.4, -0.2) is 34.6 Å². The summed E-state index contributed by atoms with van der Waals surface area (Å²) in [4.78, 5) is 13.7. The van der Waals surface area contributed by atoms with Gasteiger partial charge in [0.2, 0.25) is 0 Å². The number of carbonyl (C=O) groups is 1. The van der Waals surface area contributed by atoms with Crippen LogP contribution < -0.4 is 0 Å². The molecule has 1 aliphatic rings. The summed E-state index contributed by atoms with van der Waals surface area (Å²) >= 11 is 0. The lowest BCUT2D eigenvalue weighted by molar-refractivity contribution is -0.119. The Hall–Kier alpha value is -1.16. The summed E-state index contributed by atoms with van der Waals surface area (Å²) < 4.78 is 1.82. The zero-order chi connectivity index (χ0) is 13.0. The summed E-state index contributed by atoms with van der Waals surface area (Å²) in [5, 5.41) is 4.17. The normalized spacial score (nSPS) is 19.1. The average molecular weight is 249 g/mol. The van der Waals surface area contributed by atoms with Gasteiger partial charge in [-0.25, -0.2) is 0 Å². The molecule has 0 spiro atoms. The van der Waals surface area contributed by atoms with Gasteiger partial charge in [0.15, 0.2) is 0 Å². The van der Waals surface area contributed by atoms with E-state index in [1.807, 2.05) is 24.1 Å². The van der Waals surface area contributed by atoms with Crippen LogP contribution in [0.3, 0.4) is 0 Å². The first kappa shape index (κ1) is 13.3. The van der Waals surface area contributed by atoms with E-state index in [9.17, 15) is 4.79 Å². The number of nitrogens with zero attached hydrogens (tertiary/aromatic N) is 3. The minimum Gasteiger partial charge on any atom is -0.303 e. The second-order valence-corrected chi connectivity index (χ2v) is 5.74. The van der Waals surface area contributed by atoms with E-state index < -0.39 is 0 Å². The number of aryl methyl sites for hydroxylation is 1. The second-order valence-electron chi connectivity index (χ2n) is 5.74. The summed E-state index contributed by atoms with van der Waals surface area (Å²) in [7, 11) is 4.02. The number of aldehydes is 1. The lowest BCUT2D eigenvalue weighted by Gasteiger charge is -2.35. The van der Waals surface area contributed by atoms with Crippen LogP contribution in [-0.2, 0) is 18.4 Å². The Labute approximate surface area is 109 Å². The number of rotatable bonds is 5. The molecule has 0 aliphatic heterocycles. The van der Waals surface area contributed by atoms with Crippen LogP contribution in [0.2, 0.25) is 0 Å². The molecule has 0 unspecified atom stereocenters. The van der Waals surface area contributed by atoms with E-state index in [1.165, 1.54) is 31.1 Å². The van der Waals surface area contributed by atoms with Crippen LogP contribution in [0.1, 0.15) is 37.7 Å². The van der Waals surface area contributed by atoms with Gasteiger partial charge in [-0.2, -0.15) is 5.10 Å². The molecule has 1 aliphatic carbocycles. The first-order valence-electron chi connectivity index (χ1n) is 6.76. The van der Waals surface area contributed by atoms with Gasteiger partial charge in [0.25, 0.3) is 0 Å². The average Bonchev–Trinajstić information content (AvgIpc) is 2.75. The molecule has 18 heavy (non-hydrogen) atoms. The second kappa shape index (κ2) is 5.65. The molecule has 0 amide bonds. The van der Waals surface area contributed by atoms with E-state index in [1.54, 1.807) is 0 Å². The highest BCUT2D eigenvalue weighted by molar-refractivity contribution is 5.60. The molecule has 0 bridgehead atoms. The molecule has 1 saturated carbocycles. The van der Waals surface area contributed by atoms with Crippen molar-refractivity contribution in [3.8, 4) is 0 Å². The Kier molecular flexibility index (Phi) is 4.17. The molecular weight excluding hydrogens is 226 g/mol. The van der Waals surface area contributed by atoms with Crippen LogP contribution in [0.5, 0.6) is 0 Å². The minimum absolute atomic E-state index is 0.102. The van der Waals surface area contributed by atoms with Crippen LogP contribution in [0.4, 0.5) is 0 Å². The molecule has 2 rings (SSSR count). The van der Waals surface area contributed by atoms with Crippen molar-refractivity contribution < 1.29 is 4.79 Å². The molecule has 1 fully saturated rings. The van der Waals surface area contributed by atoms with Gasteiger partial charge in [-0.3, -0.25) is 4.68 Å². The Balaban J connectivity index is 1.92. The van der Waals surface area contributed by atoms with Crippen molar-refractivity contribution in [1.82, 2.24) is 14.7 Å². The Morgan fingerprint density at radius 2 is 2.17 bits per heavy atom. The molecule has 0 aromatic carbocycles. The lowest BCUT2D eigenvalue weighted by atomic mass is 9.75. The molecule has 4 heteroatoms. The van der Waals surface area contributed by atoms with E-state index in [0.717, 1.165) is 25.9 Å². The molecule has 0 radical (unpaired) electrons. The predicted octanol–water partition coefficient (Wildman–Crippen LogP) is 2.00. The SMILES string of the molecule is CN(Cc1cnn(C)c1)CC1(C=O)CCCCC1. The number of aromatic nitrogens is 2. The number of carbonyl (C=O) groups excluding carboxylic acids is 1. The van der Waals surface area contributed by atoms with Gasteiger partial charge in [-0.05, 0) is 19.9 Å². The highest BCUT2D eigenvalue weighted by Gasteiger charge is 2.32. The topological polar surface area (TPSA) is 38.1 Å². The van der Waals surface area contributed by atoms with Crippen molar-refractivity contribution >= 4 is 6.29 Å². The Bertz CT molecular complexity index is 393. The monoisotopic (exact) mass is 249 g/mol. The Morgan fingerprint density at radius 3 is 2.72 bits per heavy atom. The molecule has 1 aromatic heterocycles. The van der Waals surface area contributed by atoms with Gasteiger partial charge < -0.3 is 9.69 Å². The summed E-state index contributed by atoms with van der Waals surface area (Å²) in [5.41, 5.74) is 1.10. The van der Waals surface area contributed by atoms with Gasteiger partial charge in [-0.1, -0.05) is 19.3 Å². The predicted molar refractivity (Wildman–Crippen MR) is 71.1 cm³/mol. The van der Waals surface area contributed by atoms with Gasteiger partial charge in [0.1, 0.15) is 6.29 Å². The Morgan fingerprint density at radius 1 is 1.44 bits per heavy atom. The van der Waals surface area contributed by atoms with Crippen molar-refractivity contribution in [2.45, 2.75) is 38.6 Å².